The molecule has 0 saturated carbocycles. The van der Waals surface area contributed by atoms with Gasteiger partial charge in [-0.15, -0.1) is 0 Å². The number of hydrogen-bond acceptors (Lipinski definition) is 5. The molecule has 3 aliphatic heterocycles. The normalized spacial score (nSPS) is 24.4. The summed E-state index contributed by atoms with van der Waals surface area (Å²) in [6.07, 6.45) is 4.64. The molecule has 3 aliphatic rings. The van der Waals surface area contributed by atoms with Crippen LogP contribution in [0.1, 0.15) is 43.1 Å². The summed E-state index contributed by atoms with van der Waals surface area (Å²) in [6, 6.07) is 1.43. The number of aromatic nitrogens is 1. The topological polar surface area (TPSA) is 103 Å². The Kier molecular flexibility index (Phi) is 6.68. The second-order valence-corrected chi connectivity index (χ2v) is 10.8. The van der Waals surface area contributed by atoms with Gasteiger partial charge in [0.15, 0.2) is 0 Å². The number of morpholine rings is 1. The number of nitrogens with one attached hydrogen (secondary N) is 1. The summed E-state index contributed by atoms with van der Waals surface area (Å²) in [5.74, 6) is 0.118. The highest BCUT2D eigenvalue weighted by Gasteiger charge is 2.36. The molecule has 172 valence electrons. The largest absolute Gasteiger partial charge is 0.378 e. The number of carbonyl (C=O) groups excluding carboxylic acids is 2. The van der Waals surface area contributed by atoms with Crippen LogP contribution in [0, 0.1) is 11.8 Å². The Morgan fingerprint density at radius 1 is 1.03 bits per heavy atom. The predicted molar refractivity (Wildman–Crippen MR) is 114 cm³/mol. The number of likely N-dealkylation sites (tertiary alicyclic amines) is 1. The van der Waals surface area contributed by atoms with Gasteiger partial charge in [-0.2, -0.15) is 4.31 Å². The molecule has 9 nitrogen and oxygen atoms in total. The van der Waals surface area contributed by atoms with E-state index in [0.29, 0.717) is 70.4 Å². The maximum Gasteiger partial charge on any atom is 0.270 e. The van der Waals surface area contributed by atoms with Gasteiger partial charge in [0, 0.05) is 45.5 Å². The maximum atomic E-state index is 13.2. The summed E-state index contributed by atoms with van der Waals surface area (Å²) in [6.45, 7) is 6.28. The second-order valence-electron chi connectivity index (χ2n) is 8.86. The van der Waals surface area contributed by atoms with Crippen molar-refractivity contribution in [1.29, 1.82) is 0 Å². The number of hydrogen-bond donors (Lipinski definition) is 1. The van der Waals surface area contributed by atoms with E-state index in [0.717, 1.165) is 12.8 Å². The molecule has 1 aromatic heterocycles. The fourth-order valence-corrected chi connectivity index (χ4v) is 6.10. The van der Waals surface area contributed by atoms with Crippen LogP contribution in [0.3, 0.4) is 0 Å². The number of ether oxygens (including phenoxy) is 1. The maximum absolute atomic E-state index is 13.2. The molecular formula is C21H32N4O5S. The van der Waals surface area contributed by atoms with E-state index in [1.807, 2.05) is 0 Å². The molecule has 3 fully saturated rings. The molecule has 31 heavy (non-hydrogen) atoms. The van der Waals surface area contributed by atoms with Crippen molar-refractivity contribution in [2.24, 2.45) is 11.8 Å². The number of aromatic amines is 1. The van der Waals surface area contributed by atoms with Crippen molar-refractivity contribution in [2.75, 3.05) is 52.5 Å². The Bertz CT molecular complexity index is 901. The average molecular weight is 453 g/mol. The fourth-order valence-electron chi connectivity index (χ4n) is 4.58. The number of nitrogens with zero attached hydrogens (tertiary/aromatic N) is 3. The smallest absolute Gasteiger partial charge is 0.270 e. The van der Waals surface area contributed by atoms with Gasteiger partial charge in [-0.25, -0.2) is 8.42 Å². The zero-order chi connectivity index (χ0) is 22.0. The highest BCUT2D eigenvalue weighted by Crippen LogP contribution is 2.26. The molecule has 2 amide bonds. The molecule has 4 heterocycles. The lowest BCUT2D eigenvalue weighted by Gasteiger charge is -2.35. The SMILES string of the molecule is CC1CCN(C(=O)c2cc(S(=O)(=O)N3CCCC(C(=O)N4CCOCC4)C3)c[nH]2)CC1. The Morgan fingerprint density at radius 2 is 1.74 bits per heavy atom. The van der Waals surface area contributed by atoms with E-state index >= 15 is 0 Å². The standard InChI is InChI=1S/C21H32N4O5S/c1-16-4-7-23(8-5-16)21(27)19-13-18(14-22-19)31(28,29)25-6-2-3-17(15-25)20(26)24-9-11-30-12-10-24/h13-14,16-17,22H,2-12,15H2,1H3. The molecule has 1 unspecified atom stereocenters. The van der Waals surface area contributed by atoms with E-state index < -0.39 is 10.0 Å². The van der Waals surface area contributed by atoms with E-state index in [-0.39, 0.29) is 29.2 Å². The van der Waals surface area contributed by atoms with Crippen molar-refractivity contribution in [2.45, 2.75) is 37.5 Å². The molecule has 1 atom stereocenters. The molecule has 0 aliphatic carbocycles. The van der Waals surface area contributed by atoms with Gasteiger partial charge < -0.3 is 19.5 Å². The summed E-state index contributed by atoms with van der Waals surface area (Å²) in [5, 5.41) is 0. The van der Waals surface area contributed by atoms with Crippen LogP contribution in [0.25, 0.3) is 0 Å². The van der Waals surface area contributed by atoms with Crippen molar-refractivity contribution >= 4 is 21.8 Å². The van der Waals surface area contributed by atoms with E-state index in [9.17, 15) is 18.0 Å². The average Bonchev–Trinajstić information content (AvgIpc) is 3.30. The molecule has 0 aromatic carbocycles. The Hall–Kier alpha value is -1.91. The zero-order valence-corrected chi connectivity index (χ0v) is 18.9. The first-order valence-electron chi connectivity index (χ1n) is 11.2. The van der Waals surface area contributed by atoms with Crippen LogP contribution in [0.5, 0.6) is 0 Å². The summed E-state index contributed by atoms with van der Waals surface area (Å²) in [4.78, 5) is 32.1. The van der Waals surface area contributed by atoms with E-state index in [4.69, 9.17) is 4.74 Å². The number of carbonyl (C=O) groups is 2. The predicted octanol–water partition coefficient (Wildman–Crippen LogP) is 1.15. The number of sulfonamides is 1. The third-order valence-electron chi connectivity index (χ3n) is 6.65. The molecule has 1 aromatic rings. The summed E-state index contributed by atoms with van der Waals surface area (Å²) in [7, 11) is -3.78. The minimum Gasteiger partial charge on any atom is -0.378 e. The van der Waals surface area contributed by atoms with Gasteiger partial charge in [0.1, 0.15) is 10.6 Å². The quantitative estimate of drug-likeness (QED) is 0.738. The van der Waals surface area contributed by atoms with Crippen molar-refractivity contribution in [3.8, 4) is 0 Å². The first-order chi connectivity index (χ1) is 14.9. The molecular weight excluding hydrogens is 420 g/mol. The van der Waals surface area contributed by atoms with Gasteiger partial charge >= 0.3 is 0 Å². The molecule has 0 spiro atoms. The number of rotatable bonds is 4. The number of piperidine rings is 2. The first-order valence-corrected chi connectivity index (χ1v) is 12.6. The van der Waals surface area contributed by atoms with E-state index in [1.54, 1.807) is 9.80 Å². The molecule has 3 saturated heterocycles. The monoisotopic (exact) mass is 452 g/mol. The van der Waals surface area contributed by atoms with Gasteiger partial charge in [-0.1, -0.05) is 6.92 Å². The minimum absolute atomic E-state index is 0.00691. The lowest BCUT2D eigenvalue weighted by molar-refractivity contribution is -0.140. The zero-order valence-electron chi connectivity index (χ0n) is 18.1. The molecule has 1 N–H and O–H groups in total. The Balaban J connectivity index is 1.43. The van der Waals surface area contributed by atoms with E-state index in [1.165, 1.54) is 16.6 Å². The van der Waals surface area contributed by atoms with Crippen LogP contribution < -0.4 is 0 Å². The molecule has 0 radical (unpaired) electrons. The van der Waals surface area contributed by atoms with Crippen LogP contribution in [-0.4, -0.2) is 91.8 Å². The number of amides is 2. The summed E-state index contributed by atoms with van der Waals surface area (Å²) >= 11 is 0. The first kappa shape index (κ1) is 22.3. The van der Waals surface area contributed by atoms with Gasteiger partial charge in [0.2, 0.25) is 15.9 Å². The van der Waals surface area contributed by atoms with Gasteiger partial charge in [0.25, 0.3) is 5.91 Å². The molecule has 10 heteroatoms. The van der Waals surface area contributed by atoms with Crippen LogP contribution in [-0.2, 0) is 19.6 Å². The third kappa shape index (κ3) is 4.80. The van der Waals surface area contributed by atoms with Crippen molar-refractivity contribution in [1.82, 2.24) is 19.1 Å². The lowest BCUT2D eigenvalue weighted by atomic mass is 9.98. The highest BCUT2D eigenvalue weighted by molar-refractivity contribution is 7.89. The highest BCUT2D eigenvalue weighted by atomic mass is 32.2. The number of H-pyrrole nitrogens is 1. The van der Waals surface area contributed by atoms with Crippen LogP contribution >= 0.6 is 0 Å². The fraction of sp³-hybridized carbons (Fsp3) is 0.714. The minimum atomic E-state index is -3.78. The summed E-state index contributed by atoms with van der Waals surface area (Å²) < 4.78 is 33.1. The van der Waals surface area contributed by atoms with Gasteiger partial charge in [-0.05, 0) is 37.7 Å². The van der Waals surface area contributed by atoms with Crippen LogP contribution in [0.2, 0.25) is 0 Å². The Labute approximate surface area is 183 Å². The van der Waals surface area contributed by atoms with E-state index in [2.05, 4.69) is 11.9 Å². The molecule has 0 bridgehead atoms. The van der Waals surface area contributed by atoms with Crippen molar-refractivity contribution in [3.05, 3.63) is 18.0 Å². The van der Waals surface area contributed by atoms with Crippen molar-refractivity contribution in [3.63, 3.8) is 0 Å². The van der Waals surface area contributed by atoms with Crippen LogP contribution in [0.4, 0.5) is 0 Å². The Morgan fingerprint density at radius 3 is 2.45 bits per heavy atom. The summed E-state index contributed by atoms with van der Waals surface area (Å²) in [5.41, 5.74) is 0.297. The third-order valence-corrected chi connectivity index (χ3v) is 8.49. The van der Waals surface area contributed by atoms with Gasteiger partial charge in [-0.3, -0.25) is 9.59 Å². The van der Waals surface area contributed by atoms with Gasteiger partial charge in [0.05, 0.1) is 19.1 Å². The lowest BCUT2D eigenvalue weighted by Crippen LogP contribution is -2.49. The second kappa shape index (κ2) is 9.30. The van der Waals surface area contributed by atoms with Crippen molar-refractivity contribution < 1.29 is 22.7 Å². The molecule has 4 rings (SSSR count). The van der Waals surface area contributed by atoms with Crippen LogP contribution in [0.15, 0.2) is 17.2 Å².